The highest BCUT2D eigenvalue weighted by Crippen LogP contribution is 2.37. The van der Waals surface area contributed by atoms with Crippen molar-refractivity contribution < 1.29 is 31.9 Å². The molecule has 0 bridgehead atoms. The number of carbonyl (C=O) groups excluding carboxylic acids is 2. The fraction of sp³-hybridized carbons (Fsp3) is 0.0870. The van der Waals surface area contributed by atoms with Crippen LogP contribution in [-0.2, 0) is 10.9 Å². The van der Waals surface area contributed by atoms with Gasteiger partial charge in [-0.3, -0.25) is 4.79 Å². The zero-order valence-electron chi connectivity index (χ0n) is 17.1. The van der Waals surface area contributed by atoms with Crippen molar-refractivity contribution in [2.45, 2.75) is 6.18 Å². The van der Waals surface area contributed by atoms with Gasteiger partial charge in [0.2, 0.25) is 0 Å². The van der Waals surface area contributed by atoms with Crippen LogP contribution in [0.3, 0.4) is 0 Å². The SMILES string of the molecule is COC(=O)c1ccc(-c2nn(C(=O)c3c(Cl)cccc3C(F)(F)F)c3cc(Br)ccc23)c(F)c1. The Morgan fingerprint density at radius 3 is 2.47 bits per heavy atom. The summed E-state index contributed by atoms with van der Waals surface area (Å²) >= 11 is 9.26. The molecule has 0 aliphatic rings. The van der Waals surface area contributed by atoms with E-state index in [1.807, 2.05) is 0 Å². The highest BCUT2D eigenvalue weighted by atomic mass is 79.9. The molecule has 0 atom stereocenters. The van der Waals surface area contributed by atoms with E-state index in [1.165, 1.54) is 24.3 Å². The Bertz CT molecular complexity index is 1470. The number of aromatic nitrogens is 2. The molecule has 174 valence electrons. The van der Waals surface area contributed by atoms with Gasteiger partial charge in [-0.2, -0.15) is 23.0 Å². The molecule has 1 heterocycles. The van der Waals surface area contributed by atoms with Crippen molar-refractivity contribution in [3.63, 3.8) is 0 Å². The molecule has 4 aromatic rings. The van der Waals surface area contributed by atoms with Gasteiger partial charge in [0, 0.05) is 15.4 Å². The average molecular weight is 556 g/mol. The summed E-state index contributed by atoms with van der Waals surface area (Å²) in [5.74, 6) is -2.73. The number of carbonyl (C=O) groups is 2. The van der Waals surface area contributed by atoms with Crippen LogP contribution >= 0.6 is 27.5 Å². The van der Waals surface area contributed by atoms with Gasteiger partial charge in [-0.05, 0) is 48.5 Å². The highest BCUT2D eigenvalue weighted by Gasteiger charge is 2.37. The minimum atomic E-state index is -4.85. The van der Waals surface area contributed by atoms with Gasteiger partial charge in [0.25, 0.3) is 5.91 Å². The number of nitrogens with zero attached hydrogens (tertiary/aromatic N) is 2. The van der Waals surface area contributed by atoms with Crippen LogP contribution in [0.2, 0.25) is 5.02 Å². The summed E-state index contributed by atoms with van der Waals surface area (Å²) in [4.78, 5) is 25.0. The average Bonchev–Trinajstić information content (AvgIpc) is 3.15. The van der Waals surface area contributed by atoms with Crippen LogP contribution in [0, 0.1) is 5.82 Å². The van der Waals surface area contributed by atoms with Crippen molar-refractivity contribution in [2.75, 3.05) is 7.11 Å². The lowest BCUT2D eigenvalue weighted by Gasteiger charge is -2.13. The molecule has 0 N–H and O–H groups in total. The number of halogens is 6. The Balaban J connectivity index is 1.96. The van der Waals surface area contributed by atoms with Gasteiger partial charge in [0.05, 0.1) is 34.3 Å². The fourth-order valence-corrected chi connectivity index (χ4v) is 4.08. The maximum absolute atomic E-state index is 14.9. The number of hydrogen-bond donors (Lipinski definition) is 0. The molecule has 0 fully saturated rings. The summed E-state index contributed by atoms with van der Waals surface area (Å²) in [7, 11) is 1.15. The number of methoxy groups -OCH3 is 1. The van der Waals surface area contributed by atoms with E-state index >= 15 is 0 Å². The third kappa shape index (κ3) is 4.19. The van der Waals surface area contributed by atoms with Gasteiger partial charge in [-0.1, -0.05) is 33.6 Å². The quantitative estimate of drug-likeness (QED) is 0.207. The maximum atomic E-state index is 14.9. The fourth-order valence-electron chi connectivity index (χ4n) is 3.48. The molecule has 0 aliphatic carbocycles. The molecule has 3 aromatic carbocycles. The number of fused-ring (bicyclic) bond motifs is 1. The minimum Gasteiger partial charge on any atom is -0.465 e. The molecule has 1 aromatic heterocycles. The summed E-state index contributed by atoms with van der Waals surface area (Å²) in [5.41, 5.74) is -2.00. The van der Waals surface area contributed by atoms with E-state index in [9.17, 15) is 27.2 Å². The topological polar surface area (TPSA) is 61.2 Å². The molecule has 0 saturated carbocycles. The lowest BCUT2D eigenvalue weighted by atomic mass is 10.0. The van der Waals surface area contributed by atoms with Crippen molar-refractivity contribution in [3.8, 4) is 11.3 Å². The van der Waals surface area contributed by atoms with Gasteiger partial charge >= 0.3 is 12.1 Å². The Morgan fingerprint density at radius 1 is 1.09 bits per heavy atom. The van der Waals surface area contributed by atoms with E-state index in [4.69, 9.17) is 11.6 Å². The van der Waals surface area contributed by atoms with Crippen LogP contribution in [0.1, 0.15) is 26.3 Å². The maximum Gasteiger partial charge on any atom is 0.417 e. The van der Waals surface area contributed by atoms with Crippen LogP contribution in [0.4, 0.5) is 17.6 Å². The standard InChI is InChI=1S/C23H12BrClF4N2O3/c1-34-22(33)11-5-7-13(17(26)9-11)20-14-8-6-12(24)10-18(14)31(30-20)21(32)19-15(23(27,28)29)3-2-4-16(19)25/h2-10H,1H3. The summed E-state index contributed by atoms with van der Waals surface area (Å²) in [6, 6.07) is 11.1. The van der Waals surface area contributed by atoms with Crippen molar-refractivity contribution in [1.29, 1.82) is 0 Å². The van der Waals surface area contributed by atoms with Crippen LogP contribution in [0.25, 0.3) is 22.2 Å². The summed E-state index contributed by atoms with van der Waals surface area (Å²) < 4.78 is 61.6. The lowest BCUT2D eigenvalue weighted by Crippen LogP contribution is -2.20. The van der Waals surface area contributed by atoms with Gasteiger partial charge in [0.1, 0.15) is 11.5 Å². The zero-order chi connectivity index (χ0) is 24.8. The van der Waals surface area contributed by atoms with E-state index in [1.54, 1.807) is 6.07 Å². The van der Waals surface area contributed by atoms with Crippen molar-refractivity contribution in [1.82, 2.24) is 9.78 Å². The zero-order valence-corrected chi connectivity index (χ0v) is 19.4. The van der Waals surface area contributed by atoms with E-state index in [2.05, 4.69) is 25.8 Å². The summed E-state index contributed by atoms with van der Waals surface area (Å²) in [6.45, 7) is 0. The van der Waals surface area contributed by atoms with Gasteiger partial charge < -0.3 is 4.74 Å². The second-order valence-corrected chi connectivity index (χ2v) is 8.40. The monoisotopic (exact) mass is 554 g/mol. The second kappa shape index (κ2) is 8.84. The number of esters is 1. The van der Waals surface area contributed by atoms with Crippen molar-refractivity contribution in [2.24, 2.45) is 0 Å². The Labute approximate surface area is 203 Å². The van der Waals surface area contributed by atoms with E-state index < -0.39 is 40.0 Å². The molecule has 0 amide bonds. The van der Waals surface area contributed by atoms with E-state index in [-0.39, 0.29) is 22.3 Å². The highest BCUT2D eigenvalue weighted by molar-refractivity contribution is 9.10. The first kappa shape index (κ1) is 23.9. The predicted molar refractivity (Wildman–Crippen MR) is 120 cm³/mol. The molecular formula is C23H12BrClF4N2O3. The molecule has 34 heavy (non-hydrogen) atoms. The third-order valence-corrected chi connectivity index (χ3v) is 5.82. The van der Waals surface area contributed by atoms with Crippen LogP contribution in [-0.4, -0.2) is 28.8 Å². The first-order valence-electron chi connectivity index (χ1n) is 9.50. The molecular weight excluding hydrogens is 544 g/mol. The van der Waals surface area contributed by atoms with Crippen LogP contribution in [0.15, 0.2) is 59.1 Å². The summed E-state index contributed by atoms with van der Waals surface area (Å²) in [5, 5.41) is 4.05. The molecule has 0 radical (unpaired) electrons. The Kier molecular flexibility index (Phi) is 6.22. The van der Waals surface area contributed by atoms with Crippen LogP contribution < -0.4 is 0 Å². The van der Waals surface area contributed by atoms with Gasteiger partial charge in [-0.25, -0.2) is 9.18 Å². The Morgan fingerprint density at radius 2 is 1.82 bits per heavy atom. The molecule has 4 rings (SSSR count). The first-order chi connectivity index (χ1) is 16.0. The third-order valence-electron chi connectivity index (χ3n) is 5.01. The normalized spacial score (nSPS) is 11.6. The number of rotatable bonds is 3. The first-order valence-corrected chi connectivity index (χ1v) is 10.7. The van der Waals surface area contributed by atoms with Crippen molar-refractivity contribution in [3.05, 3.63) is 86.6 Å². The largest absolute Gasteiger partial charge is 0.465 e. The number of hydrogen-bond acceptors (Lipinski definition) is 4. The minimum absolute atomic E-state index is 0.00891. The van der Waals surface area contributed by atoms with Gasteiger partial charge in [-0.15, -0.1) is 0 Å². The van der Waals surface area contributed by atoms with Gasteiger partial charge in [0.15, 0.2) is 0 Å². The number of ether oxygens (including phenoxy) is 1. The van der Waals surface area contributed by atoms with E-state index in [0.717, 1.165) is 36.1 Å². The number of alkyl halides is 3. The molecule has 5 nitrogen and oxygen atoms in total. The molecule has 11 heteroatoms. The molecule has 0 saturated heterocycles. The second-order valence-electron chi connectivity index (χ2n) is 7.07. The number of benzene rings is 3. The van der Waals surface area contributed by atoms with Crippen molar-refractivity contribution >= 4 is 50.3 Å². The molecule has 0 spiro atoms. The predicted octanol–water partition coefficient (Wildman–Crippen LogP) is 6.75. The lowest BCUT2D eigenvalue weighted by molar-refractivity contribution is -0.137. The van der Waals surface area contributed by atoms with Crippen LogP contribution in [0.5, 0.6) is 0 Å². The Hall–Kier alpha value is -3.24. The molecule has 0 unspecified atom stereocenters. The smallest absolute Gasteiger partial charge is 0.417 e. The summed E-state index contributed by atoms with van der Waals surface area (Å²) in [6.07, 6.45) is -4.85. The van der Waals surface area contributed by atoms with E-state index in [0.29, 0.717) is 9.86 Å². The molecule has 0 aliphatic heterocycles.